The Bertz CT molecular complexity index is 547. The first-order chi connectivity index (χ1) is 9.61. The van der Waals surface area contributed by atoms with Crippen LogP contribution in [0.15, 0.2) is 23.4 Å². The van der Waals surface area contributed by atoms with E-state index in [0.29, 0.717) is 12.2 Å². The molecule has 7 heteroatoms. The molecule has 2 rings (SSSR count). The first kappa shape index (κ1) is 15.2. The minimum atomic E-state index is -3.61. The largest absolute Gasteiger partial charge is 0.321 e. The van der Waals surface area contributed by atoms with E-state index >= 15 is 0 Å². The molecule has 0 aliphatic carbocycles. The van der Waals surface area contributed by atoms with Gasteiger partial charge < -0.3 is 5.43 Å². The van der Waals surface area contributed by atoms with Crippen LogP contribution in [-0.4, -0.2) is 30.3 Å². The monoisotopic (exact) mass is 298 g/mol. The highest BCUT2D eigenvalue weighted by atomic mass is 32.2. The average Bonchev–Trinajstić information content (AvgIpc) is 2.72. The molecule has 1 aliphatic rings. The topological polar surface area (TPSA) is 88.3 Å². The van der Waals surface area contributed by atoms with Gasteiger partial charge in [-0.05, 0) is 31.4 Å². The standard InChI is InChI=1S/C13H22N4O2S/c1-2-11-7-4-3-5-10-17(11)20(18,19)13-12(16-14)8-6-9-15-13/h6,8-9,11,16H,2-5,7,10,14H2,1H3. The summed E-state index contributed by atoms with van der Waals surface area (Å²) in [5.74, 6) is 5.40. The van der Waals surface area contributed by atoms with Crippen LogP contribution in [0.1, 0.15) is 39.0 Å². The van der Waals surface area contributed by atoms with Gasteiger partial charge in [0.15, 0.2) is 5.03 Å². The lowest BCUT2D eigenvalue weighted by Gasteiger charge is -2.28. The minimum absolute atomic E-state index is 0.0165. The molecule has 1 atom stereocenters. The zero-order chi connectivity index (χ0) is 14.6. The van der Waals surface area contributed by atoms with E-state index in [-0.39, 0.29) is 11.1 Å². The SMILES string of the molecule is CCC1CCCCCN1S(=O)(=O)c1ncccc1NN. The third kappa shape index (κ3) is 2.94. The number of nitrogens with one attached hydrogen (secondary N) is 1. The van der Waals surface area contributed by atoms with Gasteiger partial charge in [-0.15, -0.1) is 0 Å². The fourth-order valence-corrected chi connectivity index (χ4v) is 4.53. The molecule has 1 aliphatic heterocycles. The third-order valence-corrected chi connectivity index (χ3v) is 5.69. The first-order valence-corrected chi connectivity index (χ1v) is 8.48. The maximum atomic E-state index is 12.9. The van der Waals surface area contributed by atoms with E-state index in [0.717, 1.165) is 32.1 Å². The summed E-state index contributed by atoms with van der Waals surface area (Å²) < 4.78 is 27.3. The van der Waals surface area contributed by atoms with Gasteiger partial charge in [0.2, 0.25) is 0 Å². The molecule has 0 amide bonds. The Morgan fingerprint density at radius 2 is 2.25 bits per heavy atom. The molecule has 1 aromatic heterocycles. The summed E-state index contributed by atoms with van der Waals surface area (Å²) in [5.41, 5.74) is 2.76. The minimum Gasteiger partial charge on any atom is -0.321 e. The zero-order valence-electron chi connectivity index (χ0n) is 11.7. The van der Waals surface area contributed by atoms with Crippen LogP contribution in [-0.2, 0) is 10.0 Å². The molecular formula is C13H22N4O2S. The van der Waals surface area contributed by atoms with Gasteiger partial charge in [-0.1, -0.05) is 19.8 Å². The number of nitrogens with two attached hydrogens (primary N) is 1. The lowest BCUT2D eigenvalue weighted by Crippen LogP contribution is -2.40. The first-order valence-electron chi connectivity index (χ1n) is 7.04. The molecule has 1 unspecified atom stereocenters. The van der Waals surface area contributed by atoms with Gasteiger partial charge >= 0.3 is 0 Å². The van der Waals surface area contributed by atoms with Crippen molar-refractivity contribution in [1.29, 1.82) is 0 Å². The Morgan fingerprint density at radius 1 is 1.45 bits per heavy atom. The molecule has 0 saturated carbocycles. The summed E-state index contributed by atoms with van der Waals surface area (Å²) in [6.45, 7) is 2.58. The molecule has 3 N–H and O–H groups in total. The van der Waals surface area contributed by atoms with Crippen molar-refractivity contribution in [1.82, 2.24) is 9.29 Å². The number of pyridine rings is 1. The van der Waals surface area contributed by atoms with Crippen LogP contribution in [0.3, 0.4) is 0 Å². The number of nitrogens with zero attached hydrogens (tertiary/aromatic N) is 2. The van der Waals surface area contributed by atoms with Crippen molar-refractivity contribution in [2.75, 3.05) is 12.0 Å². The number of nitrogen functional groups attached to an aromatic ring is 1. The van der Waals surface area contributed by atoms with Gasteiger partial charge in [-0.2, -0.15) is 4.31 Å². The number of anilines is 1. The highest BCUT2D eigenvalue weighted by Crippen LogP contribution is 2.28. The summed E-state index contributed by atoms with van der Waals surface area (Å²) in [4.78, 5) is 4.02. The van der Waals surface area contributed by atoms with E-state index in [1.54, 1.807) is 16.4 Å². The maximum Gasteiger partial charge on any atom is 0.262 e. The Kier molecular flexibility index (Phi) is 4.95. The van der Waals surface area contributed by atoms with Crippen molar-refractivity contribution in [2.24, 2.45) is 5.84 Å². The van der Waals surface area contributed by atoms with Crippen molar-refractivity contribution >= 4 is 15.7 Å². The van der Waals surface area contributed by atoms with Crippen LogP contribution in [0.2, 0.25) is 0 Å². The molecule has 112 valence electrons. The Balaban J connectivity index is 2.41. The molecule has 0 spiro atoms. The summed E-state index contributed by atoms with van der Waals surface area (Å²) in [6, 6.07) is 3.34. The quantitative estimate of drug-likeness (QED) is 0.652. The van der Waals surface area contributed by atoms with Gasteiger partial charge in [0.05, 0.1) is 5.69 Å². The Labute approximate surface area is 120 Å². The van der Waals surface area contributed by atoms with Crippen LogP contribution in [0, 0.1) is 0 Å². The van der Waals surface area contributed by atoms with Crippen molar-refractivity contribution < 1.29 is 8.42 Å². The lowest BCUT2D eigenvalue weighted by molar-refractivity contribution is 0.314. The third-order valence-electron chi connectivity index (χ3n) is 3.77. The highest BCUT2D eigenvalue weighted by Gasteiger charge is 2.33. The lowest BCUT2D eigenvalue weighted by atomic mass is 10.1. The summed E-state index contributed by atoms with van der Waals surface area (Å²) >= 11 is 0. The van der Waals surface area contributed by atoms with E-state index in [1.807, 2.05) is 6.92 Å². The summed E-state index contributed by atoms with van der Waals surface area (Å²) in [6.07, 6.45) is 6.26. The Hall–Kier alpha value is -1.18. The molecule has 0 aromatic carbocycles. The van der Waals surface area contributed by atoms with Crippen LogP contribution >= 0.6 is 0 Å². The number of rotatable bonds is 4. The van der Waals surface area contributed by atoms with Gasteiger partial charge in [0.25, 0.3) is 10.0 Å². The Morgan fingerprint density at radius 3 is 2.95 bits per heavy atom. The van der Waals surface area contributed by atoms with Gasteiger partial charge in [-0.25, -0.2) is 13.4 Å². The maximum absolute atomic E-state index is 12.9. The number of hydrogen-bond donors (Lipinski definition) is 2. The number of hydrazine groups is 1. The molecular weight excluding hydrogens is 276 g/mol. The van der Waals surface area contributed by atoms with E-state index in [4.69, 9.17) is 5.84 Å². The van der Waals surface area contributed by atoms with E-state index in [1.165, 1.54) is 6.20 Å². The molecule has 1 saturated heterocycles. The van der Waals surface area contributed by atoms with Crippen molar-refractivity contribution in [3.05, 3.63) is 18.3 Å². The fourth-order valence-electron chi connectivity index (χ4n) is 2.69. The smallest absolute Gasteiger partial charge is 0.262 e. The highest BCUT2D eigenvalue weighted by molar-refractivity contribution is 7.89. The van der Waals surface area contributed by atoms with Crippen molar-refractivity contribution in [3.8, 4) is 0 Å². The molecule has 1 aromatic rings. The molecule has 1 fully saturated rings. The predicted octanol–water partition coefficient (Wildman–Crippen LogP) is 1.71. The van der Waals surface area contributed by atoms with Gasteiger partial charge in [0.1, 0.15) is 0 Å². The number of sulfonamides is 1. The van der Waals surface area contributed by atoms with E-state index in [9.17, 15) is 8.42 Å². The van der Waals surface area contributed by atoms with Gasteiger partial charge in [-0.3, -0.25) is 5.84 Å². The zero-order valence-corrected chi connectivity index (χ0v) is 12.6. The average molecular weight is 298 g/mol. The number of hydrogen-bond acceptors (Lipinski definition) is 5. The summed E-state index contributed by atoms with van der Waals surface area (Å²) in [7, 11) is -3.61. The molecule has 20 heavy (non-hydrogen) atoms. The second-order valence-corrected chi connectivity index (χ2v) is 6.83. The normalized spacial score (nSPS) is 21.4. The van der Waals surface area contributed by atoms with Crippen LogP contribution in [0.5, 0.6) is 0 Å². The molecule has 6 nitrogen and oxygen atoms in total. The number of aromatic nitrogens is 1. The molecule has 2 heterocycles. The van der Waals surface area contributed by atoms with Crippen LogP contribution in [0.4, 0.5) is 5.69 Å². The van der Waals surface area contributed by atoms with E-state index in [2.05, 4.69) is 10.4 Å². The van der Waals surface area contributed by atoms with Crippen molar-refractivity contribution in [3.63, 3.8) is 0 Å². The van der Waals surface area contributed by atoms with Crippen molar-refractivity contribution in [2.45, 2.75) is 50.1 Å². The molecule has 0 bridgehead atoms. The summed E-state index contributed by atoms with van der Waals surface area (Å²) in [5, 5.41) is 0.0165. The van der Waals surface area contributed by atoms with Crippen LogP contribution in [0.25, 0.3) is 0 Å². The van der Waals surface area contributed by atoms with E-state index < -0.39 is 10.0 Å². The second kappa shape index (κ2) is 6.51. The predicted molar refractivity (Wildman–Crippen MR) is 78.5 cm³/mol. The molecule has 0 radical (unpaired) electrons. The van der Waals surface area contributed by atoms with Gasteiger partial charge in [0, 0.05) is 18.8 Å². The van der Waals surface area contributed by atoms with Crippen LogP contribution < -0.4 is 11.3 Å². The second-order valence-electron chi connectivity index (χ2n) is 5.03. The fraction of sp³-hybridized carbons (Fsp3) is 0.615.